The first-order chi connectivity index (χ1) is 12.2. The lowest BCUT2D eigenvalue weighted by Crippen LogP contribution is -2.47. The van der Waals surface area contributed by atoms with Gasteiger partial charge in [-0.05, 0) is 37.5 Å². The van der Waals surface area contributed by atoms with Crippen LogP contribution in [0, 0.1) is 0 Å². The third kappa shape index (κ3) is 3.24. The summed E-state index contributed by atoms with van der Waals surface area (Å²) >= 11 is 1.52. The third-order valence-corrected chi connectivity index (χ3v) is 5.22. The summed E-state index contributed by atoms with van der Waals surface area (Å²) in [5.74, 6) is 0.443. The lowest BCUT2D eigenvalue weighted by molar-refractivity contribution is -0.132. The van der Waals surface area contributed by atoms with Crippen molar-refractivity contribution in [3.05, 3.63) is 29.1 Å². The first kappa shape index (κ1) is 16.1. The Kier molecular flexibility index (Phi) is 4.40. The van der Waals surface area contributed by atoms with Gasteiger partial charge in [-0.15, -0.1) is 11.3 Å². The van der Waals surface area contributed by atoms with E-state index in [9.17, 15) is 9.59 Å². The van der Waals surface area contributed by atoms with Crippen LogP contribution in [0.15, 0.2) is 29.1 Å². The van der Waals surface area contributed by atoms with Gasteiger partial charge >= 0.3 is 0 Å². The minimum Gasteiger partial charge on any atom is -0.482 e. The molecule has 2 aliphatic heterocycles. The monoisotopic (exact) mass is 357 g/mol. The summed E-state index contributed by atoms with van der Waals surface area (Å²) in [5.41, 5.74) is 4.18. The summed E-state index contributed by atoms with van der Waals surface area (Å²) in [6, 6.07) is 5.65. The minimum absolute atomic E-state index is 0.0000357. The first-order valence-electron chi connectivity index (χ1n) is 8.46. The van der Waals surface area contributed by atoms with E-state index in [1.165, 1.54) is 17.8 Å². The van der Waals surface area contributed by atoms with Gasteiger partial charge < -0.3 is 9.64 Å². The van der Waals surface area contributed by atoms with Crippen molar-refractivity contribution in [2.75, 3.05) is 31.1 Å². The van der Waals surface area contributed by atoms with Crippen LogP contribution in [0.4, 0.5) is 5.69 Å². The van der Waals surface area contributed by atoms with Gasteiger partial charge in [0.25, 0.3) is 5.91 Å². The maximum absolute atomic E-state index is 12.6. The smallest absolute Gasteiger partial charge is 0.265 e. The Labute approximate surface area is 150 Å². The highest BCUT2D eigenvalue weighted by atomic mass is 32.1. The number of ether oxygens (including phenoxy) is 1. The van der Waals surface area contributed by atoms with Crippen molar-refractivity contribution in [1.29, 1.82) is 0 Å². The van der Waals surface area contributed by atoms with Crippen molar-refractivity contribution in [3.63, 3.8) is 0 Å². The summed E-state index contributed by atoms with van der Waals surface area (Å²) in [7, 11) is 0. The molecule has 1 fully saturated rings. The number of carbonyl (C=O) groups is 2. The van der Waals surface area contributed by atoms with Crippen LogP contribution >= 0.6 is 11.3 Å². The van der Waals surface area contributed by atoms with Gasteiger partial charge in [0.2, 0.25) is 5.91 Å². The fourth-order valence-electron chi connectivity index (χ4n) is 3.27. The van der Waals surface area contributed by atoms with E-state index in [2.05, 4.69) is 4.98 Å². The van der Waals surface area contributed by atoms with Crippen molar-refractivity contribution in [2.45, 2.75) is 19.3 Å². The Morgan fingerprint density at radius 2 is 2.08 bits per heavy atom. The predicted octanol–water partition coefficient (Wildman–Crippen LogP) is 2.55. The second-order valence-corrected chi connectivity index (χ2v) is 6.98. The van der Waals surface area contributed by atoms with Gasteiger partial charge in [-0.3, -0.25) is 14.5 Å². The third-order valence-electron chi connectivity index (χ3n) is 4.63. The summed E-state index contributed by atoms with van der Waals surface area (Å²) in [6.07, 6.45) is 3.24. The van der Waals surface area contributed by atoms with Gasteiger partial charge in [-0.2, -0.15) is 0 Å². The Bertz CT molecular complexity index is 785. The zero-order valence-electron chi connectivity index (χ0n) is 13.8. The van der Waals surface area contributed by atoms with Crippen LogP contribution in [0.3, 0.4) is 0 Å². The average molecular weight is 357 g/mol. The van der Waals surface area contributed by atoms with Crippen LogP contribution in [0.1, 0.15) is 19.3 Å². The van der Waals surface area contributed by atoms with Crippen molar-refractivity contribution < 1.29 is 14.3 Å². The number of piperidine rings is 1. The molecule has 0 unspecified atom stereocenters. The molecule has 6 nitrogen and oxygen atoms in total. The van der Waals surface area contributed by atoms with Crippen molar-refractivity contribution >= 4 is 28.8 Å². The highest BCUT2D eigenvalue weighted by molar-refractivity contribution is 7.07. The number of aromatic nitrogens is 1. The molecule has 3 heterocycles. The molecule has 130 valence electrons. The second-order valence-electron chi connectivity index (χ2n) is 6.27. The van der Waals surface area contributed by atoms with E-state index >= 15 is 0 Å². The number of nitrogens with zero attached hydrogens (tertiary/aromatic N) is 3. The number of likely N-dealkylation sites (tertiary alicyclic amines) is 1. The standard InChI is InChI=1S/C18H19N3O3S/c22-17(20-6-2-1-3-7-20)9-21-15-8-13(14-11-25-12-19-14)4-5-16(15)24-10-18(21)23/h4-5,8,11-12H,1-3,6-7,9-10H2. The minimum atomic E-state index is -0.187. The van der Waals surface area contributed by atoms with E-state index < -0.39 is 0 Å². The Balaban J connectivity index is 1.61. The molecule has 0 aliphatic carbocycles. The topological polar surface area (TPSA) is 62.7 Å². The summed E-state index contributed by atoms with van der Waals surface area (Å²) < 4.78 is 5.53. The van der Waals surface area contributed by atoms with Gasteiger partial charge in [0.15, 0.2) is 6.61 Å². The Hall–Kier alpha value is -2.41. The molecule has 25 heavy (non-hydrogen) atoms. The molecule has 0 radical (unpaired) electrons. The highest BCUT2D eigenvalue weighted by Crippen LogP contribution is 2.36. The lowest BCUT2D eigenvalue weighted by Gasteiger charge is -2.32. The molecule has 0 saturated carbocycles. The zero-order valence-corrected chi connectivity index (χ0v) is 14.6. The number of thiazole rings is 1. The van der Waals surface area contributed by atoms with Gasteiger partial charge in [-0.1, -0.05) is 0 Å². The van der Waals surface area contributed by atoms with Crippen molar-refractivity contribution in [1.82, 2.24) is 9.88 Å². The van der Waals surface area contributed by atoms with E-state index in [1.54, 1.807) is 10.4 Å². The quantitative estimate of drug-likeness (QED) is 0.847. The van der Waals surface area contributed by atoms with Gasteiger partial charge in [-0.25, -0.2) is 4.98 Å². The SMILES string of the molecule is O=C(CN1C(=O)COc2ccc(-c3cscn3)cc21)N1CCCCC1. The van der Waals surface area contributed by atoms with Crippen molar-refractivity contribution in [3.8, 4) is 17.0 Å². The molecule has 7 heteroatoms. The fraction of sp³-hybridized carbons (Fsp3) is 0.389. The molecule has 0 spiro atoms. The Morgan fingerprint density at radius 3 is 2.84 bits per heavy atom. The first-order valence-corrected chi connectivity index (χ1v) is 9.40. The molecule has 2 amide bonds. The summed E-state index contributed by atoms with van der Waals surface area (Å²) in [5, 5.41) is 1.95. The molecule has 4 rings (SSSR count). The molecule has 0 bridgehead atoms. The van der Waals surface area contributed by atoms with Crippen LogP contribution < -0.4 is 9.64 Å². The number of amides is 2. The lowest BCUT2D eigenvalue weighted by atomic mass is 10.1. The summed E-state index contributed by atoms with van der Waals surface area (Å²) in [6.45, 7) is 1.60. The average Bonchev–Trinajstić information content (AvgIpc) is 3.19. The largest absolute Gasteiger partial charge is 0.482 e. The number of anilines is 1. The van der Waals surface area contributed by atoms with E-state index in [4.69, 9.17) is 4.74 Å². The maximum atomic E-state index is 12.6. The van der Waals surface area contributed by atoms with E-state index in [1.807, 2.05) is 28.5 Å². The molecule has 2 aliphatic rings. The van der Waals surface area contributed by atoms with Crippen LogP contribution in [-0.4, -0.2) is 47.9 Å². The molecule has 2 aromatic rings. The number of carbonyl (C=O) groups excluding carboxylic acids is 2. The van der Waals surface area contributed by atoms with E-state index in [0.29, 0.717) is 11.4 Å². The molecular weight excluding hydrogens is 338 g/mol. The van der Waals surface area contributed by atoms with E-state index in [-0.39, 0.29) is 25.0 Å². The van der Waals surface area contributed by atoms with E-state index in [0.717, 1.165) is 37.2 Å². The van der Waals surface area contributed by atoms with Crippen LogP contribution in [0.2, 0.25) is 0 Å². The molecule has 1 saturated heterocycles. The van der Waals surface area contributed by atoms with Crippen LogP contribution in [-0.2, 0) is 9.59 Å². The predicted molar refractivity (Wildman–Crippen MR) is 95.8 cm³/mol. The number of hydrogen-bond acceptors (Lipinski definition) is 5. The van der Waals surface area contributed by atoms with Crippen LogP contribution in [0.25, 0.3) is 11.3 Å². The molecule has 0 atom stereocenters. The number of hydrogen-bond donors (Lipinski definition) is 0. The number of rotatable bonds is 3. The van der Waals surface area contributed by atoms with Crippen molar-refractivity contribution in [2.24, 2.45) is 0 Å². The fourth-order valence-corrected chi connectivity index (χ4v) is 3.83. The molecule has 1 aromatic carbocycles. The van der Waals surface area contributed by atoms with Gasteiger partial charge in [0, 0.05) is 24.0 Å². The maximum Gasteiger partial charge on any atom is 0.265 e. The normalized spacial score (nSPS) is 17.2. The zero-order chi connectivity index (χ0) is 17.2. The second kappa shape index (κ2) is 6.84. The van der Waals surface area contributed by atoms with Crippen LogP contribution in [0.5, 0.6) is 5.75 Å². The number of fused-ring (bicyclic) bond motifs is 1. The van der Waals surface area contributed by atoms with Gasteiger partial charge in [0.05, 0.1) is 16.9 Å². The molecule has 1 aromatic heterocycles. The Morgan fingerprint density at radius 1 is 1.24 bits per heavy atom. The summed E-state index contributed by atoms with van der Waals surface area (Å²) in [4.78, 5) is 32.7. The van der Waals surface area contributed by atoms with Gasteiger partial charge in [0.1, 0.15) is 12.3 Å². The highest BCUT2D eigenvalue weighted by Gasteiger charge is 2.29. The number of benzene rings is 1. The molecular formula is C18H19N3O3S. The molecule has 0 N–H and O–H groups in total.